The average Bonchev–Trinajstić information content (AvgIpc) is 3.16. The van der Waals surface area contributed by atoms with Gasteiger partial charge in [0.15, 0.2) is 0 Å². The fraction of sp³-hybridized carbons (Fsp3) is 0.333. The molecule has 0 spiro atoms. The van der Waals surface area contributed by atoms with Crippen LogP contribution in [0.25, 0.3) is 0 Å². The Kier molecular flexibility index (Phi) is 4.81. The molecule has 27 heavy (non-hydrogen) atoms. The molecule has 2 amide bonds. The van der Waals surface area contributed by atoms with Crippen LogP contribution in [0.15, 0.2) is 54.6 Å². The van der Waals surface area contributed by atoms with E-state index in [0.717, 1.165) is 17.7 Å². The van der Waals surface area contributed by atoms with Crippen LogP contribution >= 0.6 is 0 Å². The van der Waals surface area contributed by atoms with Crippen molar-refractivity contribution in [2.24, 2.45) is 5.73 Å². The fourth-order valence-electron chi connectivity index (χ4n) is 4.01. The monoisotopic (exact) mass is 365 g/mol. The highest BCUT2D eigenvalue weighted by atomic mass is 16.5. The molecule has 2 aliphatic rings. The van der Waals surface area contributed by atoms with E-state index in [1.54, 1.807) is 0 Å². The molecule has 4 rings (SSSR count). The van der Waals surface area contributed by atoms with E-state index in [2.05, 4.69) is 0 Å². The van der Waals surface area contributed by atoms with Crippen molar-refractivity contribution < 1.29 is 14.3 Å². The molecule has 0 bridgehead atoms. The predicted molar refractivity (Wildman–Crippen MR) is 102 cm³/mol. The highest BCUT2D eigenvalue weighted by molar-refractivity contribution is 5.98. The second kappa shape index (κ2) is 7.40. The maximum absolute atomic E-state index is 13.3. The van der Waals surface area contributed by atoms with Crippen molar-refractivity contribution in [3.05, 3.63) is 60.2 Å². The number of amides is 2. The van der Waals surface area contributed by atoms with Gasteiger partial charge in [-0.25, -0.2) is 0 Å². The molecule has 2 aromatic carbocycles. The lowest BCUT2D eigenvalue weighted by molar-refractivity contribution is -0.124. The van der Waals surface area contributed by atoms with Gasteiger partial charge in [-0.15, -0.1) is 0 Å². The Balaban J connectivity index is 1.65. The van der Waals surface area contributed by atoms with Crippen molar-refractivity contribution in [3.63, 3.8) is 0 Å². The molecule has 2 atom stereocenters. The third-order valence-electron chi connectivity index (χ3n) is 5.32. The first-order valence-electron chi connectivity index (χ1n) is 9.27. The van der Waals surface area contributed by atoms with Crippen molar-refractivity contribution in [2.75, 3.05) is 24.6 Å². The summed E-state index contributed by atoms with van der Waals surface area (Å²) in [5.74, 6) is 0.293. The average molecular weight is 365 g/mol. The summed E-state index contributed by atoms with van der Waals surface area (Å²) in [5, 5.41) is 0. The van der Waals surface area contributed by atoms with Crippen LogP contribution in [0.2, 0.25) is 0 Å². The molecule has 140 valence electrons. The number of nitrogens with zero attached hydrogens (tertiary/aromatic N) is 2. The molecule has 0 unspecified atom stereocenters. The number of primary amides is 1. The summed E-state index contributed by atoms with van der Waals surface area (Å²) in [6.07, 6.45) is 1.59. The molecule has 0 aliphatic carbocycles. The quantitative estimate of drug-likeness (QED) is 0.900. The highest BCUT2D eigenvalue weighted by Crippen LogP contribution is 2.39. The van der Waals surface area contributed by atoms with E-state index < -0.39 is 0 Å². The third-order valence-corrected chi connectivity index (χ3v) is 5.32. The summed E-state index contributed by atoms with van der Waals surface area (Å²) in [5.41, 5.74) is 7.29. The van der Waals surface area contributed by atoms with Crippen molar-refractivity contribution >= 4 is 17.5 Å². The Labute approximate surface area is 158 Å². The second-order valence-corrected chi connectivity index (χ2v) is 7.00. The normalized spacial score (nSPS) is 22.1. The van der Waals surface area contributed by atoms with Gasteiger partial charge in [0.2, 0.25) is 11.8 Å². The molecule has 2 heterocycles. The van der Waals surface area contributed by atoms with Gasteiger partial charge in [0.1, 0.15) is 12.4 Å². The Morgan fingerprint density at radius 3 is 2.59 bits per heavy atom. The number of hydrogen-bond donors (Lipinski definition) is 1. The van der Waals surface area contributed by atoms with Crippen LogP contribution in [0.3, 0.4) is 0 Å². The minimum Gasteiger partial charge on any atom is -0.489 e. The van der Waals surface area contributed by atoms with Gasteiger partial charge in [-0.3, -0.25) is 19.4 Å². The largest absolute Gasteiger partial charge is 0.489 e. The zero-order valence-corrected chi connectivity index (χ0v) is 15.1. The number of ether oxygens (including phenoxy) is 1. The minimum atomic E-state index is -0.361. The molecular weight excluding hydrogens is 342 g/mol. The van der Waals surface area contributed by atoms with Crippen molar-refractivity contribution in [2.45, 2.75) is 24.9 Å². The molecule has 2 aliphatic heterocycles. The van der Waals surface area contributed by atoms with E-state index in [-0.39, 0.29) is 30.4 Å². The maximum Gasteiger partial charge on any atom is 0.241 e. The Hall–Kier alpha value is -2.86. The lowest BCUT2D eigenvalue weighted by Crippen LogP contribution is -2.49. The zero-order valence-electron chi connectivity index (χ0n) is 15.1. The highest BCUT2D eigenvalue weighted by Gasteiger charge is 2.36. The van der Waals surface area contributed by atoms with Gasteiger partial charge < -0.3 is 10.5 Å². The maximum atomic E-state index is 13.3. The summed E-state index contributed by atoms with van der Waals surface area (Å²) in [4.78, 5) is 28.7. The zero-order chi connectivity index (χ0) is 18.8. The van der Waals surface area contributed by atoms with E-state index in [1.165, 1.54) is 0 Å². The lowest BCUT2D eigenvalue weighted by Gasteiger charge is -2.38. The van der Waals surface area contributed by atoms with Crippen molar-refractivity contribution in [1.29, 1.82) is 0 Å². The lowest BCUT2D eigenvalue weighted by atomic mass is 10.0. The van der Waals surface area contributed by atoms with Gasteiger partial charge in [0.05, 0.1) is 24.3 Å². The number of anilines is 1. The molecule has 1 saturated heterocycles. The van der Waals surface area contributed by atoms with Crippen LogP contribution < -0.4 is 15.4 Å². The molecule has 6 nitrogen and oxygen atoms in total. The van der Waals surface area contributed by atoms with Crippen molar-refractivity contribution in [1.82, 2.24) is 4.90 Å². The number of rotatable bonds is 4. The van der Waals surface area contributed by atoms with E-state index in [4.69, 9.17) is 10.5 Å². The van der Waals surface area contributed by atoms with Gasteiger partial charge in [-0.05, 0) is 37.1 Å². The molecule has 2 N–H and O–H groups in total. The molecule has 0 aromatic heterocycles. The SMILES string of the molecule is NC(=O)[C@@H]1CCCN1CC(=O)N1c2ccccc2OC[C@@H]1c1ccccc1. The van der Waals surface area contributed by atoms with Crippen LogP contribution in [0.5, 0.6) is 5.75 Å². The molecular formula is C21H23N3O3. The minimum absolute atomic E-state index is 0.0484. The molecule has 6 heteroatoms. The number of benzene rings is 2. The van der Waals surface area contributed by atoms with E-state index in [0.29, 0.717) is 25.3 Å². The number of nitrogens with two attached hydrogens (primary N) is 1. The molecule has 0 radical (unpaired) electrons. The fourth-order valence-corrected chi connectivity index (χ4v) is 4.01. The number of para-hydroxylation sites is 2. The van der Waals surface area contributed by atoms with Crippen LogP contribution in [0, 0.1) is 0 Å². The van der Waals surface area contributed by atoms with E-state index >= 15 is 0 Å². The summed E-state index contributed by atoms with van der Waals surface area (Å²) < 4.78 is 5.92. The second-order valence-electron chi connectivity index (χ2n) is 7.00. The molecule has 0 saturated carbocycles. The number of carbonyl (C=O) groups excluding carboxylic acids is 2. The number of hydrogen-bond acceptors (Lipinski definition) is 4. The number of fused-ring (bicyclic) bond motifs is 1. The first-order valence-corrected chi connectivity index (χ1v) is 9.27. The number of carbonyl (C=O) groups is 2. The summed E-state index contributed by atoms with van der Waals surface area (Å²) in [7, 11) is 0. The Morgan fingerprint density at radius 2 is 1.81 bits per heavy atom. The van der Waals surface area contributed by atoms with Crippen LogP contribution in [0.1, 0.15) is 24.4 Å². The van der Waals surface area contributed by atoms with Gasteiger partial charge >= 0.3 is 0 Å². The van der Waals surface area contributed by atoms with Gasteiger partial charge in [0.25, 0.3) is 0 Å². The smallest absolute Gasteiger partial charge is 0.241 e. The first-order chi connectivity index (χ1) is 13.1. The summed E-state index contributed by atoms with van der Waals surface area (Å²) >= 11 is 0. The van der Waals surface area contributed by atoms with Crippen LogP contribution in [-0.4, -0.2) is 42.5 Å². The van der Waals surface area contributed by atoms with E-state index in [9.17, 15) is 9.59 Å². The summed E-state index contributed by atoms with van der Waals surface area (Å²) in [6.45, 7) is 1.28. The number of likely N-dealkylation sites (tertiary alicyclic amines) is 1. The molecule has 2 aromatic rings. The summed E-state index contributed by atoms with van der Waals surface area (Å²) in [6, 6.07) is 16.9. The molecule has 1 fully saturated rings. The van der Waals surface area contributed by atoms with E-state index in [1.807, 2.05) is 64.4 Å². The van der Waals surface area contributed by atoms with Crippen LogP contribution in [-0.2, 0) is 9.59 Å². The third kappa shape index (κ3) is 3.40. The standard InChI is InChI=1S/C21H23N3O3/c22-21(26)17-10-6-12-23(17)13-20(25)24-16-9-4-5-11-19(16)27-14-18(24)15-7-2-1-3-8-15/h1-5,7-9,11,17-18H,6,10,12-14H2,(H2,22,26)/t17-,18+/m0/s1. The Bertz CT molecular complexity index is 840. The van der Waals surface area contributed by atoms with Gasteiger partial charge in [-0.1, -0.05) is 42.5 Å². The topological polar surface area (TPSA) is 75.9 Å². The Morgan fingerprint density at radius 1 is 1.07 bits per heavy atom. The van der Waals surface area contributed by atoms with Gasteiger partial charge in [0, 0.05) is 0 Å². The van der Waals surface area contributed by atoms with Crippen LogP contribution in [0.4, 0.5) is 5.69 Å². The predicted octanol–water partition coefficient (Wildman–Crippen LogP) is 2.10. The van der Waals surface area contributed by atoms with Crippen molar-refractivity contribution in [3.8, 4) is 5.75 Å². The van der Waals surface area contributed by atoms with Gasteiger partial charge in [-0.2, -0.15) is 0 Å². The first kappa shape index (κ1) is 17.5.